The summed E-state index contributed by atoms with van der Waals surface area (Å²) < 4.78 is 4.97. The predicted molar refractivity (Wildman–Crippen MR) is 78.0 cm³/mol. The Balaban J connectivity index is 2.59. The van der Waals surface area contributed by atoms with Crippen molar-refractivity contribution < 1.29 is 9.53 Å². The molecule has 0 spiro atoms. The third-order valence-electron chi connectivity index (χ3n) is 3.38. The monoisotopic (exact) mass is 300 g/mol. The Kier molecular flexibility index (Phi) is 4.73. The molecule has 0 unspecified atom stereocenters. The number of nitrogens with zero attached hydrogens (tertiary/aromatic N) is 2. The number of hydrogen-bond acceptors (Lipinski definition) is 5. The van der Waals surface area contributed by atoms with E-state index in [0.29, 0.717) is 16.8 Å². The fourth-order valence-electron chi connectivity index (χ4n) is 2.41. The van der Waals surface area contributed by atoms with Gasteiger partial charge in [0.25, 0.3) is 5.56 Å². The summed E-state index contributed by atoms with van der Waals surface area (Å²) in [5, 5.41) is 14.6. The average molecular weight is 300 g/mol. The molecule has 0 aliphatic heterocycles. The highest BCUT2D eigenvalue weighted by Crippen LogP contribution is 2.31. The van der Waals surface area contributed by atoms with Gasteiger partial charge in [0.15, 0.2) is 5.92 Å². The summed E-state index contributed by atoms with van der Waals surface area (Å²) in [6.07, 6.45) is 3.13. The molecule has 22 heavy (non-hydrogen) atoms. The summed E-state index contributed by atoms with van der Waals surface area (Å²) in [7, 11) is 0. The molecular weight excluding hydrogens is 284 g/mol. The van der Waals surface area contributed by atoms with Crippen molar-refractivity contribution in [2.75, 3.05) is 6.61 Å². The van der Waals surface area contributed by atoms with Crippen LogP contribution in [0, 0.1) is 24.2 Å². The molecule has 0 saturated carbocycles. The van der Waals surface area contributed by atoms with Crippen molar-refractivity contribution in [3.8, 4) is 6.07 Å². The zero-order valence-corrected chi connectivity index (χ0v) is 12.3. The lowest BCUT2D eigenvalue weighted by atomic mass is 9.82. The molecule has 0 aliphatic rings. The number of aryl methyl sites for hydroxylation is 1. The highest BCUT2D eigenvalue weighted by molar-refractivity contribution is 5.77. The maximum absolute atomic E-state index is 12.1. The van der Waals surface area contributed by atoms with Gasteiger partial charge in [0.05, 0.1) is 12.7 Å². The predicted octanol–water partition coefficient (Wildman–Crippen LogP) is 1.24. The summed E-state index contributed by atoms with van der Waals surface area (Å²) >= 11 is 0. The van der Waals surface area contributed by atoms with Crippen molar-refractivity contribution >= 4 is 5.97 Å². The van der Waals surface area contributed by atoms with Crippen molar-refractivity contribution in [1.82, 2.24) is 15.2 Å². The molecule has 0 radical (unpaired) electrons. The molecule has 2 aromatic rings. The lowest BCUT2D eigenvalue weighted by molar-refractivity contribution is -0.146. The summed E-state index contributed by atoms with van der Waals surface area (Å²) in [4.78, 5) is 28.2. The van der Waals surface area contributed by atoms with Crippen LogP contribution in [0.1, 0.15) is 29.7 Å². The molecule has 0 aliphatic carbocycles. The first kappa shape index (κ1) is 15.5. The van der Waals surface area contributed by atoms with Crippen molar-refractivity contribution in [2.45, 2.75) is 19.8 Å². The van der Waals surface area contributed by atoms with Gasteiger partial charge in [0, 0.05) is 29.6 Å². The van der Waals surface area contributed by atoms with E-state index < -0.39 is 17.8 Å². The fraction of sp³-hybridized carbons (Fsp3) is 0.333. The molecule has 0 amide bonds. The molecule has 7 heteroatoms. The summed E-state index contributed by atoms with van der Waals surface area (Å²) in [5.41, 5.74) is 1.15. The molecule has 0 fully saturated rings. The van der Waals surface area contributed by atoms with E-state index in [1.54, 1.807) is 38.4 Å². The summed E-state index contributed by atoms with van der Waals surface area (Å²) in [5.74, 6) is -2.52. The number of hydrogen-bond donors (Lipinski definition) is 2. The molecule has 2 N–H and O–H groups in total. The first-order valence-corrected chi connectivity index (χ1v) is 6.83. The Bertz CT molecular complexity index is 742. The molecule has 0 saturated heterocycles. The van der Waals surface area contributed by atoms with Crippen LogP contribution in [0.4, 0.5) is 0 Å². The zero-order valence-electron chi connectivity index (χ0n) is 12.3. The molecule has 2 rings (SSSR count). The van der Waals surface area contributed by atoms with Crippen LogP contribution in [-0.2, 0) is 9.53 Å². The van der Waals surface area contributed by atoms with Gasteiger partial charge < -0.3 is 9.84 Å². The van der Waals surface area contributed by atoms with E-state index in [9.17, 15) is 14.9 Å². The number of H-pyrrole nitrogens is 2. The van der Waals surface area contributed by atoms with E-state index in [0.717, 1.165) is 0 Å². The standard InChI is InChI=1S/C15H16N4O3/c1-3-22-15(21)11(7-16)13(10-5-4-6-17-8-10)12-9(2)18-19-14(12)20/h4-6,8,11,13H,3H2,1-2H3,(H2,18,19,20)/t11-,13-/m0/s1. The molecule has 7 nitrogen and oxygen atoms in total. The topological polar surface area (TPSA) is 112 Å². The van der Waals surface area contributed by atoms with Crippen LogP contribution in [-0.4, -0.2) is 27.8 Å². The number of carbonyl (C=O) groups is 1. The van der Waals surface area contributed by atoms with E-state index in [4.69, 9.17) is 4.74 Å². The quantitative estimate of drug-likeness (QED) is 0.807. The van der Waals surface area contributed by atoms with Crippen LogP contribution in [0.15, 0.2) is 29.3 Å². The molecule has 0 bridgehead atoms. The smallest absolute Gasteiger partial charge is 0.324 e. The molecule has 2 aromatic heterocycles. The van der Waals surface area contributed by atoms with Crippen LogP contribution >= 0.6 is 0 Å². The maximum atomic E-state index is 12.1. The Labute approximate surface area is 126 Å². The van der Waals surface area contributed by atoms with E-state index in [-0.39, 0.29) is 12.2 Å². The number of pyridine rings is 1. The minimum Gasteiger partial charge on any atom is -0.465 e. The third kappa shape index (κ3) is 2.91. The van der Waals surface area contributed by atoms with Gasteiger partial charge in [-0.2, -0.15) is 5.26 Å². The minimum absolute atomic E-state index is 0.166. The van der Waals surface area contributed by atoms with E-state index >= 15 is 0 Å². The second-order valence-corrected chi connectivity index (χ2v) is 4.74. The van der Waals surface area contributed by atoms with E-state index in [1.165, 1.54) is 0 Å². The molecule has 0 aromatic carbocycles. The second-order valence-electron chi connectivity index (χ2n) is 4.74. The van der Waals surface area contributed by atoms with Gasteiger partial charge in [0.1, 0.15) is 0 Å². The number of rotatable bonds is 5. The third-order valence-corrected chi connectivity index (χ3v) is 3.38. The van der Waals surface area contributed by atoms with Gasteiger partial charge in [-0.25, -0.2) is 0 Å². The van der Waals surface area contributed by atoms with E-state index in [2.05, 4.69) is 15.2 Å². The highest BCUT2D eigenvalue weighted by atomic mass is 16.5. The Morgan fingerprint density at radius 1 is 1.50 bits per heavy atom. The lowest BCUT2D eigenvalue weighted by Gasteiger charge is -2.20. The molecule has 2 heterocycles. The summed E-state index contributed by atoms with van der Waals surface area (Å²) in [6, 6.07) is 5.38. The number of aromatic nitrogens is 3. The first-order valence-electron chi connectivity index (χ1n) is 6.83. The largest absolute Gasteiger partial charge is 0.465 e. The number of nitriles is 1. The number of aromatic amines is 2. The van der Waals surface area contributed by atoms with Crippen molar-refractivity contribution in [3.63, 3.8) is 0 Å². The normalized spacial score (nSPS) is 13.1. The van der Waals surface area contributed by atoms with Gasteiger partial charge in [-0.05, 0) is 25.5 Å². The van der Waals surface area contributed by atoms with Gasteiger partial charge in [-0.3, -0.25) is 19.7 Å². The van der Waals surface area contributed by atoms with Gasteiger partial charge in [-0.1, -0.05) is 6.07 Å². The van der Waals surface area contributed by atoms with Crippen molar-refractivity contribution in [2.24, 2.45) is 5.92 Å². The number of nitrogens with one attached hydrogen (secondary N) is 2. The van der Waals surface area contributed by atoms with Crippen LogP contribution in [0.25, 0.3) is 0 Å². The average Bonchev–Trinajstić information content (AvgIpc) is 2.85. The molecule has 114 valence electrons. The molecular formula is C15H16N4O3. The number of carbonyl (C=O) groups excluding carboxylic acids is 1. The summed E-state index contributed by atoms with van der Waals surface area (Å²) in [6.45, 7) is 3.54. The Morgan fingerprint density at radius 3 is 2.77 bits per heavy atom. The van der Waals surface area contributed by atoms with Gasteiger partial charge in [-0.15, -0.1) is 0 Å². The van der Waals surface area contributed by atoms with Gasteiger partial charge >= 0.3 is 5.97 Å². The van der Waals surface area contributed by atoms with E-state index in [1.807, 2.05) is 6.07 Å². The molecule has 2 atom stereocenters. The van der Waals surface area contributed by atoms with Crippen LogP contribution in [0.3, 0.4) is 0 Å². The Morgan fingerprint density at radius 2 is 2.27 bits per heavy atom. The lowest BCUT2D eigenvalue weighted by Crippen LogP contribution is -2.27. The van der Waals surface area contributed by atoms with Crippen molar-refractivity contribution in [1.29, 1.82) is 5.26 Å². The first-order chi connectivity index (χ1) is 10.6. The van der Waals surface area contributed by atoms with Crippen LogP contribution < -0.4 is 5.56 Å². The van der Waals surface area contributed by atoms with Crippen LogP contribution in [0.5, 0.6) is 0 Å². The maximum Gasteiger partial charge on any atom is 0.324 e. The second kappa shape index (κ2) is 6.72. The number of ether oxygens (including phenoxy) is 1. The highest BCUT2D eigenvalue weighted by Gasteiger charge is 2.35. The van der Waals surface area contributed by atoms with Crippen molar-refractivity contribution in [3.05, 3.63) is 51.7 Å². The SMILES string of the molecule is CCOC(=O)[C@@H](C#N)[C@H](c1cccnc1)c1c(C)[nH][nH]c1=O. The van der Waals surface area contributed by atoms with Gasteiger partial charge in [0.2, 0.25) is 0 Å². The van der Waals surface area contributed by atoms with Crippen LogP contribution in [0.2, 0.25) is 0 Å². The Hall–Kier alpha value is -2.88. The minimum atomic E-state index is -1.13. The number of esters is 1. The zero-order chi connectivity index (χ0) is 16.1. The fourth-order valence-corrected chi connectivity index (χ4v) is 2.41.